The number of ether oxygens (including phenoxy) is 1. The van der Waals surface area contributed by atoms with Crippen LogP contribution in [0.3, 0.4) is 0 Å². The van der Waals surface area contributed by atoms with Crippen molar-refractivity contribution in [3.63, 3.8) is 0 Å². The van der Waals surface area contributed by atoms with Crippen molar-refractivity contribution in [2.45, 2.75) is 25.2 Å². The van der Waals surface area contributed by atoms with Gasteiger partial charge in [-0.2, -0.15) is 0 Å². The summed E-state index contributed by atoms with van der Waals surface area (Å²) in [4.78, 5) is 25.0. The lowest BCUT2D eigenvalue weighted by atomic mass is 10.0. The summed E-state index contributed by atoms with van der Waals surface area (Å²) in [5.41, 5.74) is 1.43. The smallest absolute Gasteiger partial charge is 0.406 e. The largest absolute Gasteiger partial charge is 0.573 e. The number of anilines is 1. The molecule has 8 heteroatoms. The molecule has 2 amide bonds. The fourth-order valence-electron chi connectivity index (χ4n) is 3.07. The molecular formula is C19H17F3N2O3. The van der Waals surface area contributed by atoms with E-state index in [0.717, 1.165) is 11.6 Å². The number of carbonyl (C=O) groups excluding carboxylic acids is 2. The number of nitrogens with zero attached hydrogens (tertiary/aromatic N) is 1. The molecule has 3 rings (SSSR count). The third kappa shape index (κ3) is 4.58. The van der Waals surface area contributed by atoms with Crippen LogP contribution in [-0.4, -0.2) is 36.2 Å². The first kappa shape index (κ1) is 18.8. The van der Waals surface area contributed by atoms with Gasteiger partial charge in [0, 0.05) is 18.2 Å². The molecule has 1 saturated heterocycles. The first-order valence-corrected chi connectivity index (χ1v) is 8.35. The second-order valence-corrected chi connectivity index (χ2v) is 6.09. The molecule has 2 aromatic carbocycles. The van der Waals surface area contributed by atoms with E-state index >= 15 is 0 Å². The molecule has 0 saturated carbocycles. The van der Waals surface area contributed by atoms with Gasteiger partial charge in [0.25, 0.3) is 0 Å². The molecule has 1 N–H and O–H groups in total. The summed E-state index contributed by atoms with van der Waals surface area (Å²) in [7, 11) is 0. The minimum absolute atomic E-state index is 0.171. The Morgan fingerprint density at radius 3 is 2.59 bits per heavy atom. The molecule has 0 aliphatic carbocycles. The van der Waals surface area contributed by atoms with Crippen molar-refractivity contribution in [2.24, 2.45) is 0 Å². The van der Waals surface area contributed by atoms with Gasteiger partial charge in [-0.05, 0) is 30.5 Å². The predicted molar refractivity (Wildman–Crippen MR) is 93.4 cm³/mol. The van der Waals surface area contributed by atoms with Crippen LogP contribution in [0, 0.1) is 0 Å². The fraction of sp³-hybridized carbons (Fsp3) is 0.263. The van der Waals surface area contributed by atoms with Gasteiger partial charge in [-0.1, -0.05) is 30.3 Å². The molecule has 0 radical (unpaired) electrons. The van der Waals surface area contributed by atoms with Gasteiger partial charge in [0.1, 0.15) is 12.0 Å². The first-order chi connectivity index (χ1) is 12.9. The SMILES string of the molecule is O=C[C@H]1CCCN1C(=O)Nc1cc(OC(F)(F)F)ccc1-c1ccccc1. The summed E-state index contributed by atoms with van der Waals surface area (Å²) >= 11 is 0. The zero-order chi connectivity index (χ0) is 19.4. The maximum atomic E-state index is 12.6. The third-order valence-corrected chi connectivity index (χ3v) is 4.27. The van der Waals surface area contributed by atoms with E-state index in [1.807, 2.05) is 6.07 Å². The predicted octanol–water partition coefficient (Wildman–Crippen LogP) is 4.45. The van der Waals surface area contributed by atoms with Gasteiger partial charge in [-0.25, -0.2) is 4.79 Å². The van der Waals surface area contributed by atoms with E-state index < -0.39 is 24.2 Å². The van der Waals surface area contributed by atoms with Crippen molar-refractivity contribution < 1.29 is 27.5 Å². The van der Waals surface area contributed by atoms with Gasteiger partial charge in [-0.15, -0.1) is 13.2 Å². The zero-order valence-electron chi connectivity index (χ0n) is 14.2. The highest BCUT2D eigenvalue weighted by atomic mass is 19.4. The van der Waals surface area contributed by atoms with Crippen LogP contribution in [0.5, 0.6) is 5.75 Å². The van der Waals surface area contributed by atoms with E-state index in [2.05, 4.69) is 10.1 Å². The molecule has 1 fully saturated rings. The Bertz CT molecular complexity index is 825. The number of likely N-dealkylation sites (tertiary alicyclic amines) is 1. The van der Waals surface area contributed by atoms with Crippen LogP contribution >= 0.6 is 0 Å². The number of carbonyl (C=O) groups is 2. The van der Waals surface area contributed by atoms with Crippen LogP contribution in [0.2, 0.25) is 0 Å². The standard InChI is InChI=1S/C19H17F3N2O3/c20-19(21,22)27-15-8-9-16(13-5-2-1-3-6-13)17(11-15)23-18(26)24-10-4-7-14(24)12-25/h1-3,5-6,8-9,11-12,14H,4,7,10H2,(H,23,26)/t14-/m1/s1. The average molecular weight is 378 g/mol. The number of aldehydes is 1. The highest BCUT2D eigenvalue weighted by Crippen LogP contribution is 2.34. The molecule has 27 heavy (non-hydrogen) atoms. The van der Waals surface area contributed by atoms with Gasteiger partial charge in [0.2, 0.25) is 0 Å². The van der Waals surface area contributed by atoms with Gasteiger partial charge in [0.05, 0.1) is 11.7 Å². The number of amides is 2. The quantitative estimate of drug-likeness (QED) is 0.800. The van der Waals surface area contributed by atoms with Crippen LogP contribution in [0.15, 0.2) is 48.5 Å². The summed E-state index contributed by atoms with van der Waals surface area (Å²) in [5, 5.41) is 2.62. The Hall–Kier alpha value is -3.03. The molecule has 1 aliphatic rings. The van der Waals surface area contributed by atoms with Gasteiger partial charge >= 0.3 is 12.4 Å². The normalized spacial score (nSPS) is 16.9. The van der Waals surface area contributed by atoms with Crippen LogP contribution in [0.4, 0.5) is 23.7 Å². The number of urea groups is 1. The monoisotopic (exact) mass is 378 g/mol. The summed E-state index contributed by atoms with van der Waals surface area (Å²) in [6.45, 7) is 0.411. The maximum absolute atomic E-state index is 12.6. The Morgan fingerprint density at radius 1 is 1.19 bits per heavy atom. The second kappa shape index (κ2) is 7.69. The molecule has 0 spiro atoms. The molecule has 1 atom stereocenters. The fourth-order valence-corrected chi connectivity index (χ4v) is 3.07. The third-order valence-electron chi connectivity index (χ3n) is 4.27. The number of rotatable bonds is 4. The average Bonchev–Trinajstić information content (AvgIpc) is 3.10. The van der Waals surface area contributed by atoms with Gasteiger partial charge in [-0.3, -0.25) is 0 Å². The van der Waals surface area contributed by atoms with Crippen molar-refractivity contribution in [2.75, 3.05) is 11.9 Å². The van der Waals surface area contributed by atoms with Crippen LogP contribution in [-0.2, 0) is 4.79 Å². The lowest BCUT2D eigenvalue weighted by Gasteiger charge is -2.22. The topological polar surface area (TPSA) is 58.6 Å². The van der Waals surface area contributed by atoms with E-state index in [-0.39, 0.29) is 5.69 Å². The maximum Gasteiger partial charge on any atom is 0.573 e. The van der Waals surface area contributed by atoms with Crippen molar-refractivity contribution in [1.82, 2.24) is 4.90 Å². The van der Waals surface area contributed by atoms with Crippen molar-refractivity contribution in [1.29, 1.82) is 0 Å². The van der Waals surface area contributed by atoms with E-state index in [9.17, 15) is 22.8 Å². The molecule has 2 aromatic rings. The molecule has 142 valence electrons. The van der Waals surface area contributed by atoms with E-state index in [0.29, 0.717) is 31.2 Å². The minimum atomic E-state index is -4.84. The van der Waals surface area contributed by atoms with Crippen molar-refractivity contribution in [3.8, 4) is 16.9 Å². The second-order valence-electron chi connectivity index (χ2n) is 6.09. The van der Waals surface area contributed by atoms with Crippen molar-refractivity contribution >= 4 is 18.0 Å². The van der Waals surface area contributed by atoms with E-state index in [1.54, 1.807) is 24.3 Å². The van der Waals surface area contributed by atoms with E-state index in [1.165, 1.54) is 17.0 Å². The number of alkyl halides is 3. The molecule has 1 heterocycles. The van der Waals surface area contributed by atoms with E-state index in [4.69, 9.17) is 0 Å². The molecule has 0 bridgehead atoms. The Balaban J connectivity index is 1.93. The van der Waals surface area contributed by atoms with Crippen LogP contribution in [0.25, 0.3) is 11.1 Å². The van der Waals surface area contributed by atoms with Gasteiger partial charge in [0.15, 0.2) is 0 Å². The van der Waals surface area contributed by atoms with Crippen LogP contribution < -0.4 is 10.1 Å². The summed E-state index contributed by atoms with van der Waals surface area (Å²) < 4.78 is 41.6. The number of hydrogen-bond acceptors (Lipinski definition) is 3. The van der Waals surface area contributed by atoms with Crippen molar-refractivity contribution in [3.05, 3.63) is 48.5 Å². The zero-order valence-corrected chi connectivity index (χ0v) is 14.2. The Kier molecular flexibility index (Phi) is 5.34. The summed E-state index contributed by atoms with van der Waals surface area (Å²) in [5.74, 6) is -0.439. The molecule has 1 aliphatic heterocycles. The highest BCUT2D eigenvalue weighted by molar-refractivity contribution is 5.96. The number of halogens is 3. The Labute approximate surface area is 153 Å². The first-order valence-electron chi connectivity index (χ1n) is 8.35. The minimum Gasteiger partial charge on any atom is -0.406 e. The molecule has 5 nitrogen and oxygen atoms in total. The van der Waals surface area contributed by atoms with Crippen LogP contribution in [0.1, 0.15) is 12.8 Å². The molecule has 0 unspecified atom stereocenters. The lowest BCUT2D eigenvalue weighted by molar-refractivity contribution is -0.274. The van der Waals surface area contributed by atoms with Gasteiger partial charge < -0.3 is 19.7 Å². The Morgan fingerprint density at radius 2 is 1.93 bits per heavy atom. The number of benzene rings is 2. The summed E-state index contributed by atoms with van der Waals surface area (Å²) in [6, 6.07) is 11.6. The lowest BCUT2D eigenvalue weighted by Crippen LogP contribution is -2.39. The number of nitrogens with one attached hydrogen (secondary N) is 1. The molecule has 0 aromatic heterocycles. The molecular weight excluding hydrogens is 361 g/mol. The highest BCUT2D eigenvalue weighted by Gasteiger charge is 2.32. The number of hydrogen-bond donors (Lipinski definition) is 1. The summed E-state index contributed by atoms with van der Waals surface area (Å²) in [6.07, 6.45) is -2.87.